The highest BCUT2D eigenvalue weighted by Crippen LogP contribution is 2.15. The molecule has 120 valence electrons. The van der Waals surface area contributed by atoms with Crippen molar-refractivity contribution in [3.05, 3.63) is 74.8 Å². The van der Waals surface area contributed by atoms with Crippen LogP contribution in [0.2, 0.25) is 0 Å². The van der Waals surface area contributed by atoms with Crippen LogP contribution in [-0.2, 0) is 19.4 Å². The Morgan fingerprint density at radius 3 is 2.52 bits per heavy atom. The Hall–Kier alpha value is -2.69. The maximum Gasteiger partial charge on any atom is 0.270 e. The fraction of sp³-hybridized carbons (Fsp3) is 0.278. The lowest BCUT2D eigenvalue weighted by atomic mass is 10.0. The van der Waals surface area contributed by atoms with Gasteiger partial charge in [0.05, 0.1) is 4.92 Å². The molecule has 0 saturated carbocycles. The van der Waals surface area contributed by atoms with Crippen LogP contribution in [0, 0.1) is 10.1 Å². The normalized spacial score (nSPS) is 10.3. The van der Waals surface area contributed by atoms with Crippen molar-refractivity contribution in [3.8, 4) is 0 Å². The zero-order valence-corrected chi connectivity index (χ0v) is 13.3. The Balaban J connectivity index is 2.13. The summed E-state index contributed by atoms with van der Waals surface area (Å²) in [4.78, 5) is 22.5. The molecule has 5 nitrogen and oxygen atoms in total. The minimum absolute atomic E-state index is 0.0834. The van der Waals surface area contributed by atoms with Crippen LogP contribution in [0.25, 0.3) is 0 Å². The number of amides is 1. The smallest absolute Gasteiger partial charge is 0.270 e. The van der Waals surface area contributed by atoms with Crippen molar-refractivity contribution >= 4 is 11.6 Å². The van der Waals surface area contributed by atoms with Crippen molar-refractivity contribution < 1.29 is 9.72 Å². The summed E-state index contributed by atoms with van der Waals surface area (Å²) in [7, 11) is 0. The Morgan fingerprint density at radius 2 is 1.87 bits per heavy atom. The second kappa shape index (κ2) is 7.54. The van der Waals surface area contributed by atoms with E-state index in [0.29, 0.717) is 12.1 Å². The molecule has 23 heavy (non-hydrogen) atoms. The van der Waals surface area contributed by atoms with Gasteiger partial charge in [-0.1, -0.05) is 38.1 Å². The van der Waals surface area contributed by atoms with Gasteiger partial charge in [0, 0.05) is 24.2 Å². The van der Waals surface area contributed by atoms with Gasteiger partial charge in [0.25, 0.3) is 11.6 Å². The first-order valence-electron chi connectivity index (χ1n) is 7.68. The van der Waals surface area contributed by atoms with Crippen molar-refractivity contribution in [3.63, 3.8) is 0 Å². The molecule has 0 saturated heterocycles. The highest BCUT2D eigenvalue weighted by molar-refractivity contribution is 5.94. The molecule has 2 aromatic rings. The third-order valence-corrected chi connectivity index (χ3v) is 3.82. The molecule has 0 fully saturated rings. The van der Waals surface area contributed by atoms with Crippen LogP contribution >= 0.6 is 0 Å². The maximum absolute atomic E-state index is 12.2. The molecule has 0 aromatic heterocycles. The lowest BCUT2D eigenvalue weighted by Gasteiger charge is -2.11. The number of nitrogens with one attached hydrogen (secondary N) is 1. The number of nitro benzene ring substituents is 1. The Bertz CT molecular complexity index is 726. The van der Waals surface area contributed by atoms with Crippen molar-refractivity contribution in [2.75, 3.05) is 0 Å². The molecular weight excluding hydrogens is 292 g/mol. The number of non-ortho nitro benzene ring substituents is 1. The molecule has 0 aliphatic carbocycles. The molecule has 0 aliphatic heterocycles. The second-order valence-electron chi connectivity index (χ2n) is 5.30. The number of carbonyl (C=O) groups is 1. The van der Waals surface area contributed by atoms with Crippen LogP contribution in [0.4, 0.5) is 5.69 Å². The van der Waals surface area contributed by atoms with Crippen LogP contribution in [0.3, 0.4) is 0 Å². The molecule has 0 bridgehead atoms. The number of aryl methyl sites for hydroxylation is 2. The Kier molecular flexibility index (Phi) is 5.46. The summed E-state index contributed by atoms with van der Waals surface area (Å²) in [6.45, 7) is 4.58. The quantitative estimate of drug-likeness (QED) is 0.653. The number of benzene rings is 2. The molecule has 0 heterocycles. The predicted octanol–water partition coefficient (Wildman–Crippen LogP) is 3.65. The molecule has 0 radical (unpaired) electrons. The van der Waals surface area contributed by atoms with E-state index in [0.717, 1.165) is 18.4 Å². The molecule has 0 spiro atoms. The first-order valence-corrected chi connectivity index (χ1v) is 7.68. The summed E-state index contributed by atoms with van der Waals surface area (Å²) in [5, 5.41) is 13.6. The van der Waals surface area contributed by atoms with Gasteiger partial charge in [-0.25, -0.2) is 0 Å². The zero-order chi connectivity index (χ0) is 16.8. The van der Waals surface area contributed by atoms with Gasteiger partial charge >= 0.3 is 0 Å². The van der Waals surface area contributed by atoms with Crippen molar-refractivity contribution in [2.45, 2.75) is 33.2 Å². The van der Waals surface area contributed by atoms with Crippen LogP contribution < -0.4 is 5.32 Å². The molecule has 0 unspecified atom stereocenters. The summed E-state index contributed by atoms with van der Waals surface area (Å²) in [5.74, 6) is -0.308. The van der Waals surface area contributed by atoms with E-state index in [1.54, 1.807) is 6.07 Å². The number of rotatable bonds is 6. The predicted molar refractivity (Wildman–Crippen MR) is 89.5 cm³/mol. The third-order valence-electron chi connectivity index (χ3n) is 3.82. The molecule has 1 amide bonds. The number of nitrogens with zero attached hydrogens (tertiary/aromatic N) is 1. The highest BCUT2D eigenvalue weighted by Gasteiger charge is 2.12. The van der Waals surface area contributed by atoms with Gasteiger partial charge in [-0.05, 0) is 35.6 Å². The van der Waals surface area contributed by atoms with E-state index in [4.69, 9.17) is 0 Å². The molecule has 2 rings (SSSR count). The molecular formula is C18H20N2O3. The molecule has 0 atom stereocenters. The Labute approximate surface area is 135 Å². The fourth-order valence-corrected chi connectivity index (χ4v) is 2.45. The van der Waals surface area contributed by atoms with E-state index in [9.17, 15) is 14.9 Å². The van der Waals surface area contributed by atoms with Gasteiger partial charge in [0.2, 0.25) is 0 Å². The van der Waals surface area contributed by atoms with Gasteiger partial charge in [-0.2, -0.15) is 0 Å². The summed E-state index contributed by atoms with van der Waals surface area (Å²) in [5.41, 5.74) is 3.72. The van der Waals surface area contributed by atoms with Crippen LogP contribution in [0.15, 0.2) is 42.5 Å². The maximum atomic E-state index is 12.2. The van der Waals surface area contributed by atoms with Gasteiger partial charge in [-0.3, -0.25) is 14.9 Å². The Morgan fingerprint density at radius 1 is 1.09 bits per heavy atom. The van der Waals surface area contributed by atoms with Gasteiger partial charge in [0.15, 0.2) is 0 Å². The SMILES string of the molecule is CCc1ccc(CC)c(CNC(=O)c2cccc([N+](=O)[O-])c2)c1. The van der Waals surface area contributed by atoms with E-state index in [-0.39, 0.29) is 11.6 Å². The third kappa shape index (κ3) is 4.16. The van der Waals surface area contributed by atoms with Crippen molar-refractivity contribution in [1.29, 1.82) is 0 Å². The minimum Gasteiger partial charge on any atom is -0.348 e. The van der Waals surface area contributed by atoms with E-state index in [1.165, 1.54) is 29.3 Å². The number of carbonyl (C=O) groups excluding carboxylic acids is 1. The van der Waals surface area contributed by atoms with E-state index >= 15 is 0 Å². The van der Waals surface area contributed by atoms with Crippen LogP contribution in [-0.4, -0.2) is 10.8 Å². The van der Waals surface area contributed by atoms with E-state index < -0.39 is 4.92 Å². The van der Waals surface area contributed by atoms with Gasteiger partial charge < -0.3 is 5.32 Å². The first kappa shape index (κ1) is 16.7. The topological polar surface area (TPSA) is 72.2 Å². The summed E-state index contributed by atoms with van der Waals surface area (Å²) < 4.78 is 0. The largest absolute Gasteiger partial charge is 0.348 e. The lowest BCUT2D eigenvalue weighted by Crippen LogP contribution is -2.23. The molecule has 1 N–H and O–H groups in total. The average Bonchev–Trinajstić information content (AvgIpc) is 2.59. The zero-order valence-electron chi connectivity index (χ0n) is 13.3. The summed E-state index contributed by atoms with van der Waals surface area (Å²) >= 11 is 0. The number of hydrogen-bond acceptors (Lipinski definition) is 3. The lowest BCUT2D eigenvalue weighted by molar-refractivity contribution is -0.384. The van der Waals surface area contributed by atoms with Crippen molar-refractivity contribution in [2.24, 2.45) is 0 Å². The molecule has 0 aliphatic rings. The van der Waals surface area contributed by atoms with Gasteiger partial charge in [-0.15, -0.1) is 0 Å². The number of nitro groups is 1. The summed E-state index contributed by atoms with van der Waals surface area (Å²) in [6, 6.07) is 12.0. The fourth-order valence-electron chi connectivity index (χ4n) is 2.45. The molecule has 2 aromatic carbocycles. The van der Waals surface area contributed by atoms with Crippen LogP contribution in [0.1, 0.15) is 40.9 Å². The highest BCUT2D eigenvalue weighted by atomic mass is 16.6. The first-order chi connectivity index (χ1) is 11.0. The van der Waals surface area contributed by atoms with E-state index in [1.807, 2.05) is 0 Å². The van der Waals surface area contributed by atoms with Crippen LogP contribution in [0.5, 0.6) is 0 Å². The summed E-state index contributed by atoms with van der Waals surface area (Å²) in [6.07, 6.45) is 1.84. The number of hydrogen-bond donors (Lipinski definition) is 1. The van der Waals surface area contributed by atoms with E-state index in [2.05, 4.69) is 37.4 Å². The van der Waals surface area contributed by atoms with Gasteiger partial charge in [0.1, 0.15) is 0 Å². The average molecular weight is 312 g/mol. The molecule has 5 heteroatoms. The van der Waals surface area contributed by atoms with Crippen molar-refractivity contribution in [1.82, 2.24) is 5.32 Å². The monoisotopic (exact) mass is 312 g/mol. The second-order valence-corrected chi connectivity index (χ2v) is 5.30. The minimum atomic E-state index is -0.503. The standard InChI is InChI=1S/C18H20N2O3/c1-3-13-8-9-14(4-2)16(10-13)12-19-18(21)15-6-5-7-17(11-15)20(22)23/h5-11H,3-4,12H2,1-2H3,(H,19,21).